The fourth-order valence-electron chi connectivity index (χ4n) is 3.46. The van der Waals surface area contributed by atoms with Crippen LogP contribution in [0.2, 0.25) is 0 Å². The number of hydrogen-bond donors (Lipinski definition) is 0. The van der Waals surface area contributed by atoms with Gasteiger partial charge in [-0.15, -0.1) is 11.6 Å². The first-order valence-corrected chi connectivity index (χ1v) is 8.83. The van der Waals surface area contributed by atoms with Gasteiger partial charge in [0.15, 0.2) is 0 Å². The Kier molecular flexibility index (Phi) is 5.37. The Labute approximate surface area is 144 Å². The maximum absolute atomic E-state index is 6.43. The second-order valence-corrected chi connectivity index (χ2v) is 6.91. The molecule has 0 amide bonds. The Morgan fingerprint density at radius 3 is 2.22 bits per heavy atom. The summed E-state index contributed by atoms with van der Waals surface area (Å²) in [5.41, 5.74) is 2.80. The lowest BCUT2D eigenvalue weighted by Gasteiger charge is -2.37. The van der Waals surface area contributed by atoms with E-state index in [1.54, 1.807) is 0 Å². The van der Waals surface area contributed by atoms with Crippen molar-refractivity contribution in [3.05, 3.63) is 71.8 Å². The largest absolute Gasteiger partial charge is 0.297 e. The fourth-order valence-corrected chi connectivity index (χ4v) is 3.89. The molecule has 0 N–H and O–H groups in total. The molecule has 0 saturated carbocycles. The lowest BCUT2D eigenvalue weighted by atomic mass is 9.98. The Bertz CT molecular complexity index is 602. The van der Waals surface area contributed by atoms with E-state index >= 15 is 0 Å². The van der Waals surface area contributed by atoms with Gasteiger partial charge in [-0.3, -0.25) is 9.80 Å². The minimum Gasteiger partial charge on any atom is -0.297 e. The van der Waals surface area contributed by atoms with Gasteiger partial charge in [0, 0.05) is 37.6 Å². The molecule has 0 bridgehead atoms. The normalized spacial score (nSPS) is 21.9. The van der Waals surface area contributed by atoms with Crippen LogP contribution in [-0.2, 0) is 13.1 Å². The van der Waals surface area contributed by atoms with Crippen LogP contribution in [0.25, 0.3) is 0 Å². The number of likely N-dealkylation sites (N-methyl/N-ethyl adjacent to an activating group) is 1. The molecule has 3 heteroatoms. The molecular weight excluding hydrogens is 304 g/mol. The van der Waals surface area contributed by atoms with Crippen molar-refractivity contribution < 1.29 is 0 Å². The molecule has 2 aromatic rings. The van der Waals surface area contributed by atoms with Crippen molar-refractivity contribution in [1.29, 1.82) is 0 Å². The van der Waals surface area contributed by atoms with Gasteiger partial charge in [0.1, 0.15) is 0 Å². The maximum atomic E-state index is 6.43. The van der Waals surface area contributed by atoms with E-state index in [2.05, 4.69) is 77.5 Å². The Morgan fingerprint density at radius 2 is 1.61 bits per heavy atom. The fraction of sp³-hybridized carbons (Fsp3) is 0.400. The van der Waals surface area contributed by atoms with Gasteiger partial charge < -0.3 is 0 Å². The zero-order chi connectivity index (χ0) is 16.1. The van der Waals surface area contributed by atoms with E-state index in [0.717, 1.165) is 32.6 Å². The van der Waals surface area contributed by atoms with E-state index in [1.807, 2.05) is 0 Å². The number of alkyl halides is 1. The zero-order valence-corrected chi connectivity index (χ0v) is 14.5. The molecular formula is C20H25ClN2. The Balaban J connectivity index is 1.65. The molecule has 0 aromatic heterocycles. The first-order valence-electron chi connectivity index (χ1n) is 8.29. The molecule has 0 radical (unpaired) electrons. The van der Waals surface area contributed by atoms with Gasteiger partial charge in [0.25, 0.3) is 0 Å². The van der Waals surface area contributed by atoms with Gasteiger partial charge in [0.05, 0.1) is 0 Å². The standard InChI is InChI=1S/C20H25ClN2/c1-22(14-18-8-4-2-5-9-18)20(16-21)12-13-23(17-20)15-19-10-6-3-7-11-19/h2-11H,12-17H2,1H3. The van der Waals surface area contributed by atoms with Crippen LogP contribution in [0.3, 0.4) is 0 Å². The molecule has 1 unspecified atom stereocenters. The van der Waals surface area contributed by atoms with E-state index in [-0.39, 0.29) is 5.54 Å². The summed E-state index contributed by atoms with van der Waals surface area (Å²) in [5, 5.41) is 0. The molecule has 0 aliphatic carbocycles. The Morgan fingerprint density at radius 1 is 1.00 bits per heavy atom. The second kappa shape index (κ2) is 7.48. The predicted octanol–water partition coefficient (Wildman–Crippen LogP) is 4.00. The minimum absolute atomic E-state index is 0.0756. The molecule has 122 valence electrons. The van der Waals surface area contributed by atoms with Crippen LogP contribution in [-0.4, -0.2) is 41.4 Å². The predicted molar refractivity (Wildman–Crippen MR) is 97.7 cm³/mol. The molecule has 1 heterocycles. The number of hydrogen-bond acceptors (Lipinski definition) is 2. The molecule has 0 spiro atoms. The van der Waals surface area contributed by atoms with Crippen molar-refractivity contribution in [2.24, 2.45) is 0 Å². The lowest BCUT2D eigenvalue weighted by Crippen LogP contribution is -2.49. The monoisotopic (exact) mass is 328 g/mol. The average molecular weight is 329 g/mol. The third-order valence-electron chi connectivity index (χ3n) is 4.98. The summed E-state index contributed by atoms with van der Waals surface area (Å²) in [4.78, 5) is 4.97. The number of rotatable bonds is 6. The summed E-state index contributed by atoms with van der Waals surface area (Å²) in [5.74, 6) is 0.682. The molecule has 1 aliphatic rings. The second-order valence-electron chi connectivity index (χ2n) is 6.65. The van der Waals surface area contributed by atoms with E-state index in [4.69, 9.17) is 11.6 Å². The number of benzene rings is 2. The van der Waals surface area contributed by atoms with Crippen molar-refractivity contribution in [2.75, 3.05) is 26.0 Å². The first kappa shape index (κ1) is 16.5. The van der Waals surface area contributed by atoms with Gasteiger partial charge in [-0.2, -0.15) is 0 Å². The SMILES string of the molecule is CN(Cc1ccccc1)C1(CCl)CCN(Cc2ccccc2)C1. The third-order valence-corrected chi connectivity index (χ3v) is 5.48. The third kappa shape index (κ3) is 3.95. The van der Waals surface area contributed by atoms with E-state index < -0.39 is 0 Å². The van der Waals surface area contributed by atoms with E-state index in [0.29, 0.717) is 5.88 Å². The highest BCUT2D eigenvalue weighted by Crippen LogP contribution is 2.30. The quantitative estimate of drug-likeness (QED) is 0.739. The molecule has 1 saturated heterocycles. The highest BCUT2D eigenvalue weighted by Gasteiger charge is 2.40. The van der Waals surface area contributed by atoms with Gasteiger partial charge in [-0.1, -0.05) is 60.7 Å². The summed E-state index contributed by atoms with van der Waals surface area (Å²) < 4.78 is 0. The van der Waals surface area contributed by atoms with Gasteiger partial charge in [-0.25, -0.2) is 0 Å². The molecule has 2 nitrogen and oxygen atoms in total. The van der Waals surface area contributed by atoms with Crippen LogP contribution in [0.1, 0.15) is 17.5 Å². The molecule has 1 aliphatic heterocycles. The smallest absolute Gasteiger partial charge is 0.0484 e. The summed E-state index contributed by atoms with van der Waals surface area (Å²) in [7, 11) is 2.21. The van der Waals surface area contributed by atoms with E-state index in [1.165, 1.54) is 11.1 Å². The number of nitrogens with zero attached hydrogens (tertiary/aromatic N) is 2. The van der Waals surface area contributed by atoms with Crippen LogP contribution >= 0.6 is 11.6 Å². The van der Waals surface area contributed by atoms with Crippen LogP contribution < -0.4 is 0 Å². The molecule has 1 fully saturated rings. The highest BCUT2D eigenvalue weighted by atomic mass is 35.5. The van der Waals surface area contributed by atoms with Crippen molar-refractivity contribution >= 4 is 11.6 Å². The summed E-state index contributed by atoms with van der Waals surface area (Å²) in [6, 6.07) is 21.4. The summed E-state index contributed by atoms with van der Waals surface area (Å²) in [6.45, 7) is 4.11. The van der Waals surface area contributed by atoms with Crippen LogP contribution in [0.4, 0.5) is 0 Å². The van der Waals surface area contributed by atoms with E-state index in [9.17, 15) is 0 Å². The maximum Gasteiger partial charge on any atom is 0.0484 e. The van der Waals surface area contributed by atoms with Crippen molar-refractivity contribution in [2.45, 2.75) is 25.0 Å². The molecule has 1 atom stereocenters. The van der Waals surface area contributed by atoms with Crippen LogP contribution in [0.5, 0.6) is 0 Å². The van der Waals surface area contributed by atoms with Crippen molar-refractivity contribution in [3.63, 3.8) is 0 Å². The topological polar surface area (TPSA) is 6.48 Å². The summed E-state index contributed by atoms with van der Waals surface area (Å²) in [6.07, 6.45) is 1.13. The zero-order valence-electron chi connectivity index (χ0n) is 13.8. The number of halogens is 1. The molecule has 23 heavy (non-hydrogen) atoms. The number of likely N-dealkylation sites (tertiary alicyclic amines) is 1. The van der Waals surface area contributed by atoms with Crippen molar-refractivity contribution in [1.82, 2.24) is 9.80 Å². The lowest BCUT2D eigenvalue weighted by molar-refractivity contribution is 0.134. The highest BCUT2D eigenvalue weighted by molar-refractivity contribution is 6.18. The van der Waals surface area contributed by atoms with Gasteiger partial charge in [-0.05, 0) is 24.6 Å². The minimum atomic E-state index is 0.0756. The Hall–Kier alpha value is -1.35. The van der Waals surface area contributed by atoms with Crippen LogP contribution in [0, 0.1) is 0 Å². The van der Waals surface area contributed by atoms with Crippen LogP contribution in [0.15, 0.2) is 60.7 Å². The van der Waals surface area contributed by atoms with Crippen molar-refractivity contribution in [3.8, 4) is 0 Å². The van der Waals surface area contributed by atoms with Gasteiger partial charge >= 0.3 is 0 Å². The molecule has 2 aromatic carbocycles. The molecule has 3 rings (SSSR count). The summed E-state index contributed by atoms with van der Waals surface area (Å²) >= 11 is 6.43. The first-order chi connectivity index (χ1) is 11.2. The average Bonchev–Trinajstić information content (AvgIpc) is 3.01. The van der Waals surface area contributed by atoms with Gasteiger partial charge in [0.2, 0.25) is 0 Å².